The molecule has 0 aromatic heterocycles. The first-order chi connectivity index (χ1) is 15.9. The summed E-state index contributed by atoms with van der Waals surface area (Å²) in [6.45, 7) is 1.79. The summed E-state index contributed by atoms with van der Waals surface area (Å²) < 4.78 is 15.8. The lowest BCUT2D eigenvalue weighted by Crippen LogP contribution is -2.35. The Kier molecular flexibility index (Phi) is 11.1. The van der Waals surface area contributed by atoms with Gasteiger partial charge in [0.2, 0.25) is 5.91 Å². The van der Waals surface area contributed by atoms with Crippen molar-refractivity contribution in [2.75, 3.05) is 52.7 Å². The largest absolute Gasteiger partial charge is 0.378 e. The summed E-state index contributed by atoms with van der Waals surface area (Å²) >= 11 is 0. The molecular formula is C20H27N3O10. The number of amides is 5. The molecule has 2 rings (SSSR count). The summed E-state index contributed by atoms with van der Waals surface area (Å²) in [4.78, 5) is 74.3. The van der Waals surface area contributed by atoms with Crippen LogP contribution >= 0.6 is 0 Å². The van der Waals surface area contributed by atoms with E-state index in [9.17, 15) is 28.8 Å². The maximum Gasteiger partial charge on any atom is 0.335 e. The molecule has 0 aliphatic carbocycles. The fraction of sp³-hybridized carbons (Fsp3) is 0.600. The lowest BCUT2D eigenvalue weighted by molar-refractivity contribution is -0.198. The number of rotatable bonds is 16. The van der Waals surface area contributed by atoms with Gasteiger partial charge in [0, 0.05) is 44.5 Å². The Bertz CT molecular complexity index is 748. The van der Waals surface area contributed by atoms with Crippen molar-refractivity contribution in [3.63, 3.8) is 0 Å². The van der Waals surface area contributed by atoms with Crippen molar-refractivity contribution in [3.8, 4) is 0 Å². The molecule has 182 valence electrons. The van der Waals surface area contributed by atoms with E-state index in [0.717, 1.165) is 4.90 Å². The first kappa shape index (κ1) is 26.1. The van der Waals surface area contributed by atoms with Crippen LogP contribution in [-0.2, 0) is 47.8 Å². The highest BCUT2D eigenvalue weighted by atomic mass is 16.7. The molecule has 0 aromatic carbocycles. The standard InChI is InChI=1S/C20H27N3O10/c24-15(5-8-22-16(25)1-2-17(22)26)21-7-10-31-12-14-32-13-11-30-9-6-20(29)33-23-18(27)3-4-19(23)28/h1-2H,3-14H2,(H,21,24). The number of ether oxygens (including phenoxy) is 3. The smallest absolute Gasteiger partial charge is 0.335 e. The maximum absolute atomic E-state index is 11.7. The summed E-state index contributed by atoms with van der Waals surface area (Å²) in [6, 6.07) is 0. The zero-order chi connectivity index (χ0) is 24.1. The third kappa shape index (κ3) is 9.47. The molecule has 0 bridgehead atoms. The van der Waals surface area contributed by atoms with Gasteiger partial charge in [-0.1, -0.05) is 0 Å². The van der Waals surface area contributed by atoms with E-state index in [4.69, 9.17) is 19.0 Å². The lowest BCUT2D eigenvalue weighted by atomic mass is 10.3. The van der Waals surface area contributed by atoms with Crippen molar-refractivity contribution in [2.45, 2.75) is 25.7 Å². The molecular weight excluding hydrogens is 442 g/mol. The summed E-state index contributed by atoms with van der Waals surface area (Å²) in [5.41, 5.74) is 0. The summed E-state index contributed by atoms with van der Waals surface area (Å²) in [7, 11) is 0. The zero-order valence-corrected chi connectivity index (χ0v) is 18.1. The molecule has 0 spiro atoms. The topological polar surface area (TPSA) is 158 Å². The van der Waals surface area contributed by atoms with E-state index in [-0.39, 0.29) is 71.1 Å². The molecule has 1 N–H and O–H groups in total. The van der Waals surface area contributed by atoms with E-state index in [1.54, 1.807) is 0 Å². The number of hydrogen-bond donors (Lipinski definition) is 1. The van der Waals surface area contributed by atoms with Gasteiger partial charge in [0.05, 0.1) is 46.1 Å². The molecule has 1 saturated heterocycles. The summed E-state index contributed by atoms with van der Waals surface area (Å²) in [6.07, 6.45) is 2.34. The predicted molar refractivity (Wildman–Crippen MR) is 108 cm³/mol. The third-order valence-corrected chi connectivity index (χ3v) is 4.43. The summed E-state index contributed by atoms with van der Waals surface area (Å²) in [5.74, 6) is -2.91. The first-order valence-corrected chi connectivity index (χ1v) is 10.5. The van der Waals surface area contributed by atoms with Crippen LogP contribution in [0.25, 0.3) is 0 Å². The molecule has 5 amide bonds. The van der Waals surface area contributed by atoms with Crippen LogP contribution in [0.4, 0.5) is 0 Å². The maximum atomic E-state index is 11.7. The van der Waals surface area contributed by atoms with E-state index < -0.39 is 29.6 Å². The Hall–Kier alpha value is -3.16. The molecule has 0 saturated carbocycles. The van der Waals surface area contributed by atoms with Crippen LogP contribution < -0.4 is 5.32 Å². The fourth-order valence-corrected chi connectivity index (χ4v) is 2.72. The van der Waals surface area contributed by atoms with Crippen molar-refractivity contribution < 1.29 is 47.8 Å². The molecule has 0 unspecified atom stereocenters. The predicted octanol–water partition coefficient (Wildman–Crippen LogP) is -1.54. The number of hydrogen-bond acceptors (Lipinski definition) is 10. The SMILES string of the molecule is O=C(CCN1C(=O)C=CC1=O)NCCOCCOCCOCCC(=O)ON1C(=O)CCC1=O. The van der Waals surface area contributed by atoms with Crippen LogP contribution in [0.2, 0.25) is 0 Å². The average molecular weight is 469 g/mol. The molecule has 0 aromatic rings. The molecule has 13 heteroatoms. The lowest BCUT2D eigenvalue weighted by Gasteiger charge is -2.13. The molecule has 13 nitrogen and oxygen atoms in total. The second-order valence-electron chi connectivity index (χ2n) is 6.89. The minimum Gasteiger partial charge on any atom is -0.378 e. The second-order valence-corrected chi connectivity index (χ2v) is 6.89. The van der Waals surface area contributed by atoms with Crippen molar-refractivity contribution >= 4 is 35.5 Å². The molecule has 2 aliphatic heterocycles. The third-order valence-electron chi connectivity index (χ3n) is 4.43. The zero-order valence-electron chi connectivity index (χ0n) is 18.1. The van der Waals surface area contributed by atoms with Gasteiger partial charge < -0.3 is 24.4 Å². The van der Waals surface area contributed by atoms with E-state index in [2.05, 4.69) is 5.32 Å². The molecule has 2 aliphatic rings. The van der Waals surface area contributed by atoms with Crippen LogP contribution in [0.5, 0.6) is 0 Å². The van der Waals surface area contributed by atoms with Crippen molar-refractivity contribution in [3.05, 3.63) is 12.2 Å². The second kappa shape index (κ2) is 14.1. The van der Waals surface area contributed by atoms with Crippen molar-refractivity contribution in [1.82, 2.24) is 15.3 Å². The minimum atomic E-state index is -0.727. The van der Waals surface area contributed by atoms with E-state index >= 15 is 0 Å². The Morgan fingerprint density at radius 3 is 1.94 bits per heavy atom. The van der Waals surface area contributed by atoms with Gasteiger partial charge in [-0.2, -0.15) is 0 Å². The van der Waals surface area contributed by atoms with Gasteiger partial charge in [0.25, 0.3) is 23.6 Å². The molecule has 0 radical (unpaired) electrons. The van der Waals surface area contributed by atoms with E-state index in [1.807, 2.05) is 0 Å². The fourth-order valence-electron chi connectivity index (χ4n) is 2.72. The normalized spacial score (nSPS) is 15.6. The highest BCUT2D eigenvalue weighted by molar-refractivity contribution is 6.13. The van der Waals surface area contributed by atoms with Crippen LogP contribution in [0.1, 0.15) is 25.7 Å². The highest BCUT2D eigenvalue weighted by Crippen LogP contribution is 2.12. The highest BCUT2D eigenvalue weighted by Gasteiger charge is 2.32. The van der Waals surface area contributed by atoms with Gasteiger partial charge in [-0.25, -0.2) is 4.79 Å². The monoisotopic (exact) mass is 469 g/mol. The van der Waals surface area contributed by atoms with Crippen LogP contribution in [0.15, 0.2) is 12.2 Å². The Balaban J connectivity index is 1.34. The van der Waals surface area contributed by atoms with Gasteiger partial charge in [0.15, 0.2) is 0 Å². The van der Waals surface area contributed by atoms with Gasteiger partial charge in [-0.15, -0.1) is 5.06 Å². The number of hydroxylamine groups is 2. The molecule has 0 atom stereocenters. The number of imide groups is 2. The van der Waals surface area contributed by atoms with Gasteiger partial charge in [-0.3, -0.25) is 28.9 Å². The van der Waals surface area contributed by atoms with Gasteiger partial charge >= 0.3 is 5.97 Å². The van der Waals surface area contributed by atoms with Crippen LogP contribution in [0.3, 0.4) is 0 Å². The van der Waals surface area contributed by atoms with Gasteiger partial charge in [0.1, 0.15) is 0 Å². The Morgan fingerprint density at radius 1 is 0.788 bits per heavy atom. The van der Waals surface area contributed by atoms with Crippen LogP contribution in [-0.4, -0.2) is 98.2 Å². The Labute approximate surface area is 189 Å². The molecule has 33 heavy (non-hydrogen) atoms. The van der Waals surface area contributed by atoms with E-state index in [1.165, 1.54) is 12.2 Å². The van der Waals surface area contributed by atoms with E-state index in [0.29, 0.717) is 18.3 Å². The van der Waals surface area contributed by atoms with Gasteiger partial charge in [-0.05, 0) is 0 Å². The molecule has 2 heterocycles. The van der Waals surface area contributed by atoms with Crippen molar-refractivity contribution in [1.29, 1.82) is 0 Å². The first-order valence-electron chi connectivity index (χ1n) is 10.5. The van der Waals surface area contributed by atoms with Crippen molar-refractivity contribution in [2.24, 2.45) is 0 Å². The average Bonchev–Trinajstić information content (AvgIpc) is 3.28. The number of carbonyl (C=O) groups excluding carboxylic acids is 6. The quantitative estimate of drug-likeness (QED) is 0.208. The number of carbonyl (C=O) groups is 6. The Morgan fingerprint density at radius 2 is 1.33 bits per heavy atom. The number of nitrogens with zero attached hydrogens (tertiary/aromatic N) is 2. The minimum absolute atomic E-state index is 0.0223. The molecule has 1 fully saturated rings. The summed E-state index contributed by atoms with van der Waals surface area (Å²) in [5, 5.41) is 3.12. The number of nitrogens with one attached hydrogen (secondary N) is 1. The van der Waals surface area contributed by atoms with Crippen LogP contribution in [0, 0.1) is 0 Å².